The first-order valence-electron chi connectivity index (χ1n) is 7.34. The molecule has 2 nitrogen and oxygen atoms in total. The van der Waals surface area contributed by atoms with E-state index in [0.29, 0.717) is 12.0 Å². The van der Waals surface area contributed by atoms with E-state index in [4.69, 9.17) is 0 Å². The highest BCUT2D eigenvalue weighted by Crippen LogP contribution is 2.26. The molecule has 0 bridgehead atoms. The van der Waals surface area contributed by atoms with E-state index in [2.05, 4.69) is 65.9 Å². The molecule has 0 aliphatic heterocycles. The van der Waals surface area contributed by atoms with Crippen LogP contribution in [0.25, 0.3) is 10.9 Å². The highest BCUT2D eigenvalue weighted by Gasteiger charge is 2.15. The van der Waals surface area contributed by atoms with Crippen LogP contribution in [0.1, 0.15) is 30.3 Å². The molecule has 1 aromatic carbocycles. The minimum atomic E-state index is 0.412. The molecule has 2 heterocycles. The maximum Gasteiger partial charge on any atom is 0.0702 e. The van der Waals surface area contributed by atoms with Gasteiger partial charge in [0.1, 0.15) is 0 Å². The van der Waals surface area contributed by atoms with Crippen LogP contribution in [0.3, 0.4) is 0 Å². The SMILES string of the molecule is CC(C)C(NCc1ccc2ncccc2c1)c1cccs1. The minimum Gasteiger partial charge on any atom is -0.305 e. The second kappa shape index (κ2) is 6.37. The molecule has 0 aliphatic rings. The highest BCUT2D eigenvalue weighted by molar-refractivity contribution is 7.10. The summed E-state index contributed by atoms with van der Waals surface area (Å²) >= 11 is 1.82. The summed E-state index contributed by atoms with van der Waals surface area (Å²) in [6, 6.07) is 15.3. The molecule has 1 atom stereocenters. The van der Waals surface area contributed by atoms with Crippen molar-refractivity contribution >= 4 is 22.2 Å². The van der Waals surface area contributed by atoms with Crippen LogP contribution in [-0.4, -0.2) is 4.98 Å². The van der Waals surface area contributed by atoms with E-state index < -0.39 is 0 Å². The summed E-state index contributed by atoms with van der Waals surface area (Å²) < 4.78 is 0. The Morgan fingerprint density at radius 2 is 2.05 bits per heavy atom. The zero-order valence-electron chi connectivity index (χ0n) is 12.4. The van der Waals surface area contributed by atoms with Gasteiger partial charge in [0, 0.05) is 29.0 Å². The summed E-state index contributed by atoms with van der Waals surface area (Å²) in [5, 5.41) is 7.04. The van der Waals surface area contributed by atoms with Gasteiger partial charge in [-0.3, -0.25) is 4.98 Å². The van der Waals surface area contributed by atoms with Crippen molar-refractivity contribution in [3.63, 3.8) is 0 Å². The number of pyridine rings is 1. The number of hydrogen-bond donors (Lipinski definition) is 1. The fourth-order valence-corrected chi connectivity index (χ4v) is 3.57. The second-order valence-corrected chi connectivity index (χ2v) is 6.63. The van der Waals surface area contributed by atoms with Gasteiger partial charge in [0.2, 0.25) is 0 Å². The van der Waals surface area contributed by atoms with E-state index in [9.17, 15) is 0 Å². The monoisotopic (exact) mass is 296 g/mol. The van der Waals surface area contributed by atoms with Gasteiger partial charge in [-0.05, 0) is 41.1 Å². The smallest absolute Gasteiger partial charge is 0.0702 e. The van der Waals surface area contributed by atoms with Crippen molar-refractivity contribution in [2.45, 2.75) is 26.4 Å². The van der Waals surface area contributed by atoms with Crippen LogP contribution in [0, 0.1) is 5.92 Å². The Morgan fingerprint density at radius 1 is 1.14 bits per heavy atom. The zero-order chi connectivity index (χ0) is 14.7. The third kappa shape index (κ3) is 3.31. The molecule has 0 aliphatic carbocycles. The van der Waals surface area contributed by atoms with Crippen LogP contribution < -0.4 is 5.32 Å². The van der Waals surface area contributed by atoms with Crippen LogP contribution in [0.2, 0.25) is 0 Å². The molecule has 3 aromatic rings. The van der Waals surface area contributed by atoms with Gasteiger partial charge in [0.15, 0.2) is 0 Å². The number of nitrogens with one attached hydrogen (secondary N) is 1. The number of rotatable bonds is 5. The highest BCUT2D eigenvalue weighted by atomic mass is 32.1. The van der Waals surface area contributed by atoms with Gasteiger partial charge in [-0.25, -0.2) is 0 Å². The third-order valence-electron chi connectivity index (χ3n) is 3.71. The number of hydrogen-bond acceptors (Lipinski definition) is 3. The largest absolute Gasteiger partial charge is 0.305 e. The Labute approximate surface area is 129 Å². The predicted octanol–water partition coefficient (Wildman–Crippen LogP) is 4.78. The first kappa shape index (κ1) is 14.2. The Morgan fingerprint density at radius 3 is 2.81 bits per heavy atom. The molecule has 108 valence electrons. The van der Waals surface area contributed by atoms with Gasteiger partial charge in [-0.15, -0.1) is 11.3 Å². The van der Waals surface area contributed by atoms with Crippen LogP contribution in [0.4, 0.5) is 0 Å². The van der Waals surface area contributed by atoms with Crippen molar-refractivity contribution in [1.82, 2.24) is 10.3 Å². The number of nitrogens with zero attached hydrogens (tertiary/aromatic N) is 1. The van der Waals surface area contributed by atoms with Gasteiger partial charge in [-0.1, -0.05) is 32.0 Å². The molecule has 0 amide bonds. The summed E-state index contributed by atoms with van der Waals surface area (Å²) in [6.07, 6.45) is 1.84. The molecule has 1 N–H and O–H groups in total. The third-order valence-corrected chi connectivity index (χ3v) is 4.67. The van der Waals surface area contributed by atoms with Crippen molar-refractivity contribution in [3.8, 4) is 0 Å². The fourth-order valence-electron chi connectivity index (χ4n) is 2.60. The lowest BCUT2D eigenvalue weighted by Crippen LogP contribution is -2.24. The molecule has 3 rings (SSSR count). The number of benzene rings is 1. The maximum atomic E-state index is 4.37. The number of fused-ring (bicyclic) bond motifs is 1. The topological polar surface area (TPSA) is 24.9 Å². The molecular formula is C18H20N2S. The molecule has 0 saturated heterocycles. The summed E-state index contributed by atoms with van der Waals surface area (Å²) in [5.41, 5.74) is 2.36. The van der Waals surface area contributed by atoms with Gasteiger partial charge >= 0.3 is 0 Å². The quantitative estimate of drug-likeness (QED) is 0.732. The van der Waals surface area contributed by atoms with E-state index in [1.54, 1.807) is 0 Å². The Hall–Kier alpha value is -1.71. The van der Waals surface area contributed by atoms with Crippen molar-refractivity contribution < 1.29 is 0 Å². The number of aromatic nitrogens is 1. The zero-order valence-corrected chi connectivity index (χ0v) is 13.2. The average Bonchev–Trinajstić information content (AvgIpc) is 3.01. The van der Waals surface area contributed by atoms with E-state index in [0.717, 1.165) is 12.1 Å². The van der Waals surface area contributed by atoms with Gasteiger partial charge in [0.05, 0.1) is 5.52 Å². The van der Waals surface area contributed by atoms with E-state index in [1.807, 2.05) is 23.6 Å². The van der Waals surface area contributed by atoms with Crippen LogP contribution in [-0.2, 0) is 6.54 Å². The molecule has 0 fully saturated rings. The lowest BCUT2D eigenvalue weighted by molar-refractivity contribution is 0.416. The molecule has 1 unspecified atom stereocenters. The predicted molar refractivity (Wildman–Crippen MR) is 90.5 cm³/mol. The van der Waals surface area contributed by atoms with Crippen molar-refractivity contribution in [2.75, 3.05) is 0 Å². The molecule has 21 heavy (non-hydrogen) atoms. The second-order valence-electron chi connectivity index (χ2n) is 5.65. The Bertz CT molecular complexity index is 704. The lowest BCUT2D eigenvalue weighted by Gasteiger charge is -2.21. The van der Waals surface area contributed by atoms with Gasteiger partial charge < -0.3 is 5.32 Å². The average molecular weight is 296 g/mol. The van der Waals surface area contributed by atoms with Crippen LogP contribution in [0.15, 0.2) is 54.0 Å². The first-order chi connectivity index (χ1) is 10.2. The van der Waals surface area contributed by atoms with Gasteiger partial charge in [-0.2, -0.15) is 0 Å². The molecule has 0 radical (unpaired) electrons. The summed E-state index contributed by atoms with van der Waals surface area (Å²) in [6.45, 7) is 5.41. The van der Waals surface area contributed by atoms with Gasteiger partial charge in [0.25, 0.3) is 0 Å². The van der Waals surface area contributed by atoms with E-state index in [1.165, 1.54) is 15.8 Å². The molecular weight excluding hydrogens is 276 g/mol. The van der Waals surface area contributed by atoms with Crippen molar-refractivity contribution in [2.24, 2.45) is 5.92 Å². The molecule has 0 spiro atoms. The van der Waals surface area contributed by atoms with E-state index in [-0.39, 0.29) is 0 Å². The molecule has 3 heteroatoms. The summed E-state index contributed by atoms with van der Waals surface area (Å²) in [7, 11) is 0. The minimum absolute atomic E-state index is 0.412. The Kier molecular flexibility index (Phi) is 4.32. The maximum absolute atomic E-state index is 4.37. The fraction of sp³-hybridized carbons (Fsp3) is 0.278. The normalized spacial score (nSPS) is 12.9. The van der Waals surface area contributed by atoms with Crippen molar-refractivity contribution in [1.29, 1.82) is 0 Å². The van der Waals surface area contributed by atoms with Crippen molar-refractivity contribution in [3.05, 3.63) is 64.5 Å². The lowest BCUT2D eigenvalue weighted by atomic mass is 10.0. The molecule has 2 aromatic heterocycles. The van der Waals surface area contributed by atoms with E-state index >= 15 is 0 Å². The standard InChI is InChI=1S/C18H20N2S/c1-13(2)18(17-6-4-10-21-17)20-12-14-7-8-16-15(11-14)5-3-9-19-16/h3-11,13,18,20H,12H2,1-2H3. The Balaban J connectivity index is 1.75. The first-order valence-corrected chi connectivity index (χ1v) is 8.22. The summed E-state index contributed by atoms with van der Waals surface area (Å²) in [4.78, 5) is 5.78. The van der Waals surface area contributed by atoms with Crippen LogP contribution >= 0.6 is 11.3 Å². The van der Waals surface area contributed by atoms with Crippen LogP contribution in [0.5, 0.6) is 0 Å². The number of thiophene rings is 1. The molecule has 0 saturated carbocycles. The summed E-state index contributed by atoms with van der Waals surface area (Å²) in [5.74, 6) is 0.575.